The van der Waals surface area contributed by atoms with Gasteiger partial charge >= 0.3 is 0 Å². The number of carbonyl (C=O) groups is 6. The number of nitrogens with zero attached hydrogens (tertiary/aromatic N) is 3. The Morgan fingerprint density at radius 3 is 0.907 bits per heavy atom. The van der Waals surface area contributed by atoms with Crippen LogP contribution in [0.3, 0.4) is 0 Å². The molecule has 0 atom stereocenters. The van der Waals surface area contributed by atoms with Crippen molar-refractivity contribution in [3.63, 3.8) is 0 Å². The van der Waals surface area contributed by atoms with Gasteiger partial charge < -0.3 is 0 Å². The van der Waals surface area contributed by atoms with Crippen LogP contribution < -0.4 is 0 Å². The van der Waals surface area contributed by atoms with Crippen LogP contribution in [0.2, 0.25) is 0 Å². The summed E-state index contributed by atoms with van der Waals surface area (Å²) < 4.78 is 20.6. The number of Topliss-reactive ketones (excluding diaryl/α,β-unsaturated/α-hetero) is 4. The van der Waals surface area contributed by atoms with E-state index in [-0.39, 0.29) is 112 Å². The van der Waals surface area contributed by atoms with Gasteiger partial charge in [-0.25, -0.2) is 14.0 Å². The molecule has 0 saturated heterocycles. The van der Waals surface area contributed by atoms with E-state index in [9.17, 15) is 28.8 Å². The summed E-state index contributed by atoms with van der Waals surface area (Å²) in [5.74, 6) is -0.505. The molecule has 0 unspecified atom stereocenters. The third-order valence-corrected chi connectivity index (χ3v) is 10.6. The molecule has 0 aromatic rings. The van der Waals surface area contributed by atoms with E-state index >= 15 is 4.57 Å². The zero-order chi connectivity index (χ0) is 32.8. The second-order valence-electron chi connectivity index (χ2n) is 10.4. The van der Waals surface area contributed by atoms with Crippen LogP contribution in [0.25, 0.3) is 0 Å². The minimum Gasteiger partial charge on any atom is -0.300 e. The lowest BCUT2D eigenvalue weighted by Gasteiger charge is -2.45. The van der Waals surface area contributed by atoms with E-state index in [4.69, 9.17) is 0 Å². The molecule has 0 amide bonds. The maximum atomic E-state index is 15.7. The number of allylic oxidation sites excluding steroid dienone is 4. The third kappa shape index (κ3) is 15.8. The summed E-state index contributed by atoms with van der Waals surface area (Å²) in [5.41, 5.74) is 0. The van der Waals surface area contributed by atoms with Crippen LogP contribution in [0.5, 0.6) is 0 Å². The number of ketones is 6. The Morgan fingerprint density at radius 1 is 0.465 bits per heavy atom. The molecule has 0 aromatic heterocycles. The Bertz CT molecular complexity index is 922. The van der Waals surface area contributed by atoms with E-state index in [1.165, 1.54) is 12.2 Å². The van der Waals surface area contributed by atoms with Crippen molar-refractivity contribution in [2.24, 2.45) is 0 Å². The van der Waals surface area contributed by atoms with Gasteiger partial charge in [-0.05, 0) is 26.0 Å². The summed E-state index contributed by atoms with van der Waals surface area (Å²) in [5, 5.41) is 0. The summed E-state index contributed by atoms with van der Waals surface area (Å²) in [7, 11) is -3.93. The molecule has 0 aromatic carbocycles. The molecular formula is C32H54N3O7P. The first-order chi connectivity index (χ1) is 20.4. The van der Waals surface area contributed by atoms with Gasteiger partial charge in [0.25, 0.3) is 7.59 Å². The van der Waals surface area contributed by atoms with Crippen LogP contribution in [0, 0.1) is 0 Å². The van der Waals surface area contributed by atoms with Crippen LogP contribution in [0.1, 0.15) is 106 Å². The molecule has 0 rings (SSSR count). The number of hydrogen-bond acceptors (Lipinski definition) is 7. The molecule has 43 heavy (non-hydrogen) atoms. The Labute approximate surface area is 258 Å². The predicted molar refractivity (Wildman–Crippen MR) is 171 cm³/mol. The molecule has 0 saturated carbocycles. The highest BCUT2D eigenvalue weighted by Gasteiger charge is 2.43. The fraction of sp³-hybridized carbons (Fsp3) is 0.688. The quantitative estimate of drug-likeness (QED) is 0.0848. The Kier molecular flexibility index (Phi) is 21.8. The standard InChI is InChI=1S/C32H54N3O7P/c1-7-13-31(40)19-25-35(26-20-32(41)14-8-2)43(42,33(21-15-27(36)9-3)22-16-28(37)10-4)34(23-17-29(38)11-5)24-18-30(39)12-6/h7-8,13-14H,9-12,15-26H2,1-6H3. The highest BCUT2D eigenvalue weighted by Crippen LogP contribution is 2.57. The van der Waals surface area contributed by atoms with Crippen LogP contribution in [-0.2, 0) is 33.3 Å². The Hall–Kier alpha value is -2.39. The minimum atomic E-state index is -3.93. The summed E-state index contributed by atoms with van der Waals surface area (Å²) >= 11 is 0. The first-order valence-electron chi connectivity index (χ1n) is 15.7. The van der Waals surface area contributed by atoms with Gasteiger partial charge in [-0.1, -0.05) is 39.8 Å². The normalized spacial score (nSPS) is 12.2. The fourth-order valence-electron chi connectivity index (χ4n) is 4.39. The van der Waals surface area contributed by atoms with Crippen LogP contribution in [0.4, 0.5) is 0 Å². The lowest BCUT2D eigenvalue weighted by Crippen LogP contribution is -2.45. The summed E-state index contributed by atoms with van der Waals surface area (Å²) in [4.78, 5) is 75.0. The van der Waals surface area contributed by atoms with Crippen LogP contribution in [-0.4, -0.2) is 88.0 Å². The first kappa shape index (κ1) is 40.6. The van der Waals surface area contributed by atoms with Crippen molar-refractivity contribution in [2.75, 3.05) is 39.3 Å². The number of hydrogen-bond donors (Lipinski definition) is 0. The molecule has 0 spiro atoms. The average Bonchev–Trinajstić information content (AvgIpc) is 2.99. The molecule has 0 heterocycles. The first-order valence-corrected chi connectivity index (χ1v) is 17.2. The molecule has 0 radical (unpaired) electrons. The predicted octanol–water partition coefficient (Wildman–Crippen LogP) is 5.55. The average molecular weight is 624 g/mol. The monoisotopic (exact) mass is 623 g/mol. The minimum absolute atomic E-state index is 0.0252. The maximum absolute atomic E-state index is 15.7. The molecule has 0 bridgehead atoms. The zero-order valence-electron chi connectivity index (χ0n) is 27.3. The number of rotatable bonds is 27. The molecule has 0 aliphatic carbocycles. The largest absolute Gasteiger partial charge is 0.300 e. The second-order valence-corrected chi connectivity index (χ2v) is 13.1. The van der Waals surface area contributed by atoms with E-state index in [0.29, 0.717) is 25.7 Å². The van der Waals surface area contributed by atoms with E-state index in [2.05, 4.69) is 0 Å². The topological polar surface area (TPSA) is 129 Å². The third-order valence-electron chi connectivity index (χ3n) is 7.22. The fourth-order valence-corrected chi connectivity index (χ4v) is 7.63. The van der Waals surface area contributed by atoms with E-state index in [1.807, 2.05) is 0 Å². The van der Waals surface area contributed by atoms with Gasteiger partial charge in [0, 0.05) is 103 Å². The highest BCUT2D eigenvalue weighted by molar-refractivity contribution is 7.56. The van der Waals surface area contributed by atoms with Crippen molar-refractivity contribution >= 4 is 42.3 Å². The van der Waals surface area contributed by atoms with Gasteiger partial charge in [-0.15, -0.1) is 0 Å². The molecule has 0 aliphatic rings. The smallest absolute Gasteiger partial charge is 0.286 e. The van der Waals surface area contributed by atoms with Crippen LogP contribution in [0.15, 0.2) is 24.3 Å². The van der Waals surface area contributed by atoms with Gasteiger partial charge in [0.05, 0.1) is 0 Å². The molecule has 0 aliphatic heterocycles. The van der Waals surface area contributed by atoms with Gasteiger partial charge in [-0.2, -0.15) is 0 Å². The molecular weight excluding hydrogens is 569 g/mol. The molecule has 244 valence electrons. The molecule has 0 N–H and O–H groups in total. The van der Waals surface area contributed by atoms with Crippen molar-refractivity contribution in [3.05, 3.63) is 24.3 Å². The van der Waals surface area contributed by atoms with Gasteiger partial charge in [0.2, 0.25) is 0 Å². The lowest BCUT2D eigenvalue weighted by atomic mass is 10.2. The van der Waals surface area contributed by atoms with Crippen LogP contribution >= 0.6 is 7.59 Å². The van der Waals surface area contributed by atoms with Crippen molar-refractivity contribution in [1.82, 2.24) is 14.0 Å². The maximum Gasteiger partial charge on any atom is 0.286 e. The lowest BCUT2D eigenvalue weighted by molar-refractivity contribution is -0.120. The van der Waals surface area contributed by atoms with Crippen molar-refractivity contribution < 1.29 is 33.3 Å². The molecule has 11 heteroatoms. The van der Waals surface area contributed by atoms with E-state index in [1.54, 1.807) is 67.7 Å². The van der Waals surface area contributed by atoms with E-state index < -0.39 is 7.59 Å². The van der Waals surface area contributed by atoms with Gasteiger partial charge in [-0.3, -0.25) is 33.3 Å². The van der Waals surface area contributed by atoms with Gasteiger partial charge in [0.15, 0.2) is 11.6 Å². The van der Waals surface area contributed by atoms with Crippen molar-refractivity contribution in [3.8, 4) is 0 Å². The number of carbonyl (C=O) groups excluding carboxylic acids is 6. The summed E-state index contributed by atoms with van der Waals surface area (Å²) in [6, 6.07) is 0. The van der Waals surface area contributed by atoms with Crippen molar-refractivity contribution in [1.29, 1.82) is 0 Å². The summed E-state index contributed by atoms with van der Waals surface area (Å²) in [6.07, 6.45) is 7.74. The SMILES string of the molecule is CC=CC(=O)CCN(CCC(=O)C=CC)P(=O)(N(CCC(=O)CC)CCC(=O)CC)N(CCC(=O)CC)CCC(=O)CC. The second kappa shape index (κ2) is 23.1. The zero-order valence-corrected chi connectivity index (χ0v) is 28.2. The summed E-state index contributed by atoms with van der Waals surface area (Å²) in [6.45, 7) is 10.9. The van der Waals surface area contributed by atoms with E-state index in [0.717, 1.165) is 0 Å². The Balaban J connectivity index is 7.15. The van der Waals surface area contributed by atoms with Crippen molar-refractivity contribution in [2.45, 2.75) is 106 Å². The van der Waals surface area contributed by atoms with Gasteiger partial charge in [0.1, 0.15) is 23.1 Å². The highest BCUT2D eigenvalue weighted by atomic mass is 31.2. The Morgan fingerprint density at radius 2 is 0.698 bits per heavy atom. The molecule has 0 fully saturated rings. The molecule has 10 nitrogen and oxygen atoms in total.